The molecular weight excluding hydrogens is 398 g/mol. The van der Waals surface area contributed by atoms with E-state index in [9.17, 15) is 9.00 Å². The first-order valence-electron chi connectivity index (χ1n) is 8.77. The zero-order valence-electron chi connectivity index (χ0n) is 15.3. The summed E-state index contributed by atoms with van der Waals surface area (Å²) < 4.78 is 23.3. The lowest BCUT2D eigenvalue weighted by Gasteiger charge is -2.06. The van der Waals surface area contributed by atoms with Crippen molar-refractivity contribution in [3.63, 3.8) is 0 Å². The van der Waals surface area contributed by atoms with Crippen LogP contribution in [0.5, 0.6) is 5.75 Å². The van der Waals surface area contributed by atoms with Gasteiger partial charge in [-0.15, -0.1) is 0 Å². The summed E-state index contributed by atoms with van der Waals surface area (Å²) in [6.45, 7) is 2.91. The molecule has 0 radical (unpaired) electrons. The smallest absolute Gasteiger partial charge is 0.287 e. The van der Waals surface area contributed by atoms with Crippen LogP contribution in [0.1, 0.15) is 28.8 Å². The standard InChI is InChI=1S/C21H20ClNO4S/c1-2-26-17-7-3-15(4-8-17)13-23-21(24)20-12-9-18(27-20)14-28(25)19-10-5-16(22)6-11-19/h3-12H,2,13-14H2,1H3,(H,23,24)/t28-/m0/s1. The second kappa shape index (κ2) is 9.57. The third kappa shape index (κ3) is 5.47. The molecule has 0 aliphatic rings. The lowest BCUT2D eigenvalue weighted by atomic mass is 10.2. The summed E-state index contributed by atoms with van der Waals surface area (Å²) in [6.07, 6.45) is 0. The van der Waals surface area contributed by atoms with Gasteiger partial charge in [0.05, 0.1) is 23.2 Å². The summed E-state index contributed by atoms with van der Waals surface area (Å²) in [5.41, 5.74) is 0.951. The number of amides is 1. The fourth-order valence-corrected chi connectivity index (χ4v) is 3.66. The number of halogens is 1. The summed E-state index contributed by atoms with van der Waals surface area (Å²) in [7, 11) is -1.28. The molecule has 0 bridgehead atoms. The SMILES string of the molecule is CCOc1ccc(CNC(=O)c2ccc(C[S@](=O)c3ccc(Cl)cc3)o2)cc1. The molecule has 0 saturated carbocycles. The fraction of sp³-hybridized carbons (Fsp3) is 0.190. The lowest BCUT2D eigenvalue weighted by molar-refractivity contribution is 0.0921. The highest BCUT2D eigenvalue weighted by molar-refractivity contribution is 7.84. The number of hydrogen-bond acceptors (Lipinski definition) is 4. The highest BCUT2D eigenvalue weighted by atomic mass is 35.5. The molecule has 1 heterocycles. The maximum absolute atomic E-state index is 12.4. The van der Waals surface area contributed by atoms with Gasteiger partial charge in [0.25, 0.3) is 5.91 Å². The number of rotatable bonds is 8. The summed E-state index contributed by atoms with van der Waals surface area (Å²) in [4.78, 5) is 12.9. The van der Waals surface area contributed by atoms with E-state index in [1.807, 2.05) is 31.2 Å². The van der Waals surface area contributed by atoms with E-state index in [0.717, 1.165) is 11.3 Å². The average Bonchev–Trinajstić information content (AvgIpc) is 3.16. The van der Waals surface area contributed by atoms with Gasteiger partial charge in [0, 0.05) is 16.5 Å². The topological polar surface area (TPSA) is 68.5 Å². The Hall–Kier alpha value is -2.57. The third-order valence-corrected chi connectivity index (χ3v) is 5.52. The summed E-state index contributed by atoms with van der Waals surface area (Å²) in [5, 5.41) is 3.40. The highest BCUT2D eigenvalue weighted by Crippen LogP contribution is 2.18. The zero-order valence-corrected chi connectivity index (χ0v) is 16.9. The molecular formula is C21H20ClNO4S. The van der Waals surface area contributed by atoms with E-state index in [2.05, 4.69) is 5.32 Å². The second-order valence-electron chi connectivity index (χ2n) is 5.97. The van der Waals surface area contributed by atoms with Crippen LogP contribution in [0.4, 0.5) is 0 Å². The predicted molar refractivity (Wildman–Crippen MR) is 109 cm³/mol. The Bertz CT molecular complexity index is 951. The molecule has 1 amide bonds. The Morgan fingerprint density at radius 2 is 1.79 bits per heavy atom. The van der Waals surface area contributed by atoms with Crippen LogP contribution >= 0.6 is 11.6 Å². The van der Waals surface area contributed by atoms with E-state index in [0.29, 0.717) is 28.8 Å². The monoisotopic (exact) mass is 417 g/mol. The van der Waals surface area contributed by atoms with Gasteiger partial charge < -0.3 is 14.5 Å². The summed E-state index contributed by atoms with van der Waals surface area (Å²) in [5.74, 6) is 1.33. The van der Waals surface area contributed by atoms with E-state index in [-0.39, 0.29) is 17.4 Å². The fourth-order valence-electron chi connectivity index (χ4n) is 2.52. The lowest BCUT2D eigenvalue weighted by Crippen LogP contribution is -2.22. The van der Waals surface area contributed by atoms with E-state index >= 15 is 0 Å². The first kappa shape index (κ1) is 20.2. The van der Waals surface area contributed by atoms with Crippen LogP contribution in [-0.2, 0) is 23.1 Å². The van der Waals surface area contributed by atoms with Crippen molar-refractivity contribution in [1.29, 1.82) is 0 Å². The van der Waals surface area contributed by atoms with Crippen LogP contribution < -0.4 is 10.1 Å². The molecule has 1 aromatic heterocycles. The van der Waals surface area contributed by atoms with Crippen molar-refractivity contribution in [3.05, 3.63) is 82.8 Å². The molecule has 1 N–H and O–H groups in total. The van der Waals surface area contributed by atoms with Crippen LogP contribution in [-0.4, -0.2) is 16.7 Å². The molecule has 0 saturated heterocycles. The number of carbonyl (C=O) groups excluding carboxylic acids is 1. The van der Waals surface area contributed by atoms with Crippen LogP contribution in [0.15, 0.2) is 70.0 Å². The molecule has 0 unspecified atom stereocenters. The van der Waals surface area contributed by atoms with E-state index in [1.165, 1.54) is 0 Å². The molecule has 0 fully saturated rings. The van der Waals surface area contributed by atoms with Gasteiger partial charge in [0.1, 0.15) is 11.5 Å². The van der Waals surface area contributed by atoms with E-state index < -0.39 is 10.8 Å². The summed E-state index contributed by atoms with van der Waals surface area (Å²) >= 11 is 5.84. The minimum Gasteiger partial charge on any atom is -0.494 e. The molecule has 3 rings (SSSR count). The van der Waals surface area contributed by atoms with Crippen molar-refractivity contribution < 1.29 is 18.2 Å². The van der Waals surface area contributed by atoms with Gasteiger partial charge in [-0.25, -0.2) is 0 Å². The zero-order chi connectivity index (χ0) is 19.9. The molecule has 5 nitrogen and oxygen atoms in total. The molecule has 0 aliphatic heterocycles. The maximum atomic E-state index is 12.4. The van der Waals surface area contributed by atoms with Gasteiger partial charge in [-0.2, -0.15) is 0 Å². The molecule has 1 atom stereocenters. The third-order valence-electron chi connectivity index (χ3n) is 3.92. The highest BCUT2D eigenvalue weighted by Gasteiger charge is 2.13. The number of hydrogen-bond donors (Lipinski definition) is 1. The van der Waals surface area contributed by atoms with Crippen molar-refractivity contribution in [3.8, 4) is 5.75 Å². The van der Waals surface area contributed by atoms with Crippen LogP contribution in [0, 0.1) is 0 Å². The number of nitrogens with one attached hydrogen (secondary N) is 1. The summed E-state index contributed by atoms with van der Waals surface area (Å²) in [6, 6.07) is 17.6. The van der Waals surface area contributed by atoms with Crippen LogP contribution in [0.2, 0.25) is 5.02 Å². The first-order chi connectivity index (χ1) is 13.5. The molecule has 2 aromatic carbocycles. The Balaban J connectivity index is 1.54. The second-order valence-corrected chi connectivity index (χ2v) is 7.86. The van der Waals surface area contributed by atoms with Crippen LogP contribution in [0.25, 0.3) is 0 Å². The van der Waals surface area contributed by atoms with Crippen LogP contribution in [0.3, 0.4) is 0 Å². The minimum absolute atomic E-state index is 0.188. The van der Waals surface area contributed by atoms with Gasteiger partial charge in [-0.3, -0.25) is 9.00 Å². The first-order valence-corrected chi connectivity index (χ1v) is 10.5. The van der Waals surface area contributed by atoms with Crippen molar-refractivity contribution >= 4 is 28.3 Å². The van der Waals surface area contributed by atoms with Gasteiger partial charge in [0.2, 0.25) is 0 Å². The van der Waals surface area contributed by atoms with E-state index in [4.69, 9.17) is 20.8 Å². The largest absolute Gasteiger partial charge is 0.494 e. The van der Waals surface area contributed by atoms with Gasteiger partial charge >= 0.3 is 0 Å². The number of ether oxygens (including phenoxy) is 1. The molecule has 0 spiro atoms. The number of benzene rings is 2. The van der Waals surface area contributed by atoms with Crippen molar-refractivity contribution in [1.82, 2.24) is 5.32 Å². The molecule has 0 aliphatic carbocycles. The maximum Gasteiger partial charge on any atom is 0.287 e. The number of furan rings is 1. The van der Waals surface area contributed by atoms with Gasteiger partial charge in [0.15, 0.2) is 5.76 Å². The van der Waals surface area contributed by atoms with Crippen molar-refractivity contribution in [2.45, 2.75) is 24.1 Å². The predicted octanol–water partition coefficient (Wildman–Crippen LogP) is 4.57. The molecule has 3 aromatic rings. The quantitative estimate of drug-likeness (QED) is 0.583. The van der Waals surface area contributed by atoms with Crippen molar-refractivity contribution in [2.75, 3.05) is 6.61 Å². The van der Waals surface area contributed by atoms with Crippen molar-refractivity contribution in [2.24, 2.45) is 0 Å². The molecule has 146 valence electrons. The Labute approximate surface area is 171 Å². The Morgan fingerprint density at radius 3 is 2.46 bits per heavy atom. The molecule has 7 heteroatoms. The van der Waals surface area contributed by atoms with E-state index in [1.54, 1.807) is 36.4 Å². The average molecular weight is 418 g/mol. The van der Waals surface area contributed by atoms with Gasteiger partial charge in [-0.1, -0.05) is 23.7 Å². The normalized spacial score (nSPS) is 11.8. The Morgan fingerprint density at radius 1 is 1.07 bits per heavy atom. The number of carbonyl (C=O) groups is 1. The Kier molecular flexibility index (Phi) is 6.90. The minimum atomic E-state index is -1.28. The van der Waals surface area contributed by atoms with Gasteiger partial charge in [-0.05, 0) is 61.0 Å². The molecule has 28 heavy (non-hydrogen) atoms.